The third kappa shape index (κ3) is 3.41. The monoisotopic (exact) mass is 306 g/mol. The zero-order chi connectivity index (χ0) is 11.7. The van der Waals surface area contributed by atoms with E-state index >= 15 is 0 Å². The molecule has 19 heavy (non-hydrogen) atoms. The summed E-state index contributed by atoms with van der Waals surface area (Å²) in [7, 11) is 0. The van der Waals surface area contributed by atoms with E-state index in [1.54, 1.807) is 0 Å². The van der Waals surface area contributed by atoms with Gasteiger partial charge >= 0.3 is 0 Å². The molecule has 7 heteroatoms. The van der Waals surface area contributed by atoms with Gasteiger partial charge in [-0.2, -0.15) is 0 Å². The molecular weight excluding hydrogens is 287 g/mol. The van der Waals surface area contributed by atoms with Crippen molar-refractivity contribution in [2.24, 2.45) is 0 Å². The topological polar surface area (TPSA) is 50.2 Å². The normalized spacial score (nSPS) is 21.9. The largest absolute Gasteiger partial charge is 0.332 e. The van der Waals surface area contributed by atoms with Crippen molar-refractivity contribution in [2.45, 2.75) is 38.4 Å². The molecule has 3 heterocycles. The maximum Gasteiger partial charge on any atom is 0.240 e. The molecule has 1 amide bonds. The van der Waals surface area contributed by atoms with Crippen molar-refractivity contribution < 1.29 is 4.79 Å². The van der Waals surface area contributed by atoms with Crippen LogP contribution in [0.15, 0.2) is 12.4 Å². The van der Waals surface area contributed by atoms with Gasteiger partial charge in [0.05, 0.1) is 12.6 Å². The SMILES string of the molecule is Cl.Cl.O=C([C@H]1CCCCN1)N1CCn2ccnc2C1. The van der Waals surface area contributed by atoms with E-state index in [-0.39, 0.29) is 36.8 Å². The first-order chi connectivity index (χ1) is 8.34. The van der Waals surface area contributed by atoms with Crippen molar-refractivity contribution in [1.29, 1.82) is 0 Å². The summed E-state index contributed by atoms with van der Waals surface area (Å²) in [4.78, 5) is 18.5. The van der Waals surface area contributed by atoms with Crippen LogP contribution >= 0.6 is 24.8 Å². The van der Waals surface area contributed by atoms with Crippen LogP contribution in [0, 0.1) is 0 Å². The van der Waals surface area contributed by atoms with Gasteiger partial charge in [0.2, 0.25) is 5.91 Å². The second-order valence-corrected chi connectivity index (χ2v) is 4.80. The maximum absolute atomic E-state index is 12.3. The van der Waals surface area contributed by atoms with Crippen LogP contribution in [-0.2, 0) is 17.9 Å². The highest BCUT2D eigenvalue weighted by molar-refractivity contribution is 5.85. The number of rotatable bonds is 1. The van der Waals surface area contributed by atoms with Gasteiger partial charge in [-0.3, -0.25) is 4.79 Å². The summed E-state index contributed by atoms with van der Waals surface area (Å²) in [6, 6.07) is 0.0327. The molecule has 2 aliphatic heterocycles. The predicted molar refractivity (Wildman–Crippen MR) is 77.8 cm³/mol. The molecule has 0 saturated carbocycles. The van der Waals surface area contributed by atoms with Gasteiger partial charge in [-0.1, -0.05) is 6.42 Å². The number of fused-ring (bicyclic) bond motifs is 1. The molecule has 0 spiro atoms. The third-order valence-corrected chi connectivity index (χ3v) is 3.66. The van der Waals surface area contributed by atoms with Crippen molar-refractivity contribution in [3.05, 3.63) is 18.2 Å². The summed E-state index contributed by atoms with van der Waals surface area (Å²) in [5.41, 5.74) is 0. The third-order valence-electron chi connectivity index (χ3n) is 3.66. The number of hydrogen-bond acceptors (Lipinski definition) is 3. The molecule has 0 unspecified atom stereocenters. The summed E-state index contributed by atoms with van der Waals surface area (Å²) < 4.78 is 2.12. The van der Waals surface area contributed by atoms with Crippen molar-refractivity contribution in [2.75, 3.05) is 13.1 Å². The highest BCUT2D eigenvalue weighted by atomic mass is 35.5. The van der Waals surface area contributed by atoms with E-state index in [4.69, 9.17) is 0 Å². The molecule has 0 bridgehead atoms. The molecule has 108 valence electrons. The molecule has 1 aromatic heterocycles. The first-order valence-corrected chi connectivity index (χ1v) is 6.37. The van der Waals surface area contributed by atoms with Gasteiger partial charge in [0.15, 0.2) is 0 Å². The maximum atomic E-state index is 12.3. The molecule has 0 radical (unpaired) electrons. The Labute approximate surface area is 125 Å². The van der Waals surface area contributed by atoms with E-state index in [9.17, 15) is 4.79 Å². The lowest BCUT2D eigenvalue weighted by Crippen LogP contribution is -2.50. The number of nitrogens with zero attached hydrogens (tertiary/aromatic N) is 3. The molecule has 1 aromatic rings. The Morgan fingerprint density at radius 2 is 2.16 bits per heavy atom. The Bertz CT molecular complexity index is 418. The lowest BCUT2D eigenvalue weighted by Gasteiger charge is -2.32. The molecule has 1 saturated heterocycles. The van der Waals surface area contributed by atoms with E-state index < -0.39 is 0 Å². The summed E-state index contributed by atoms with van der Waals surface area (Å²) in [5, 5.41) is 3.32. The van der Waals surface area contributed by atoms with Crippen LogP contribution in [0.3, 0.4) is 0 Å². The highest BCUT2D eigenvalue weighted by Crippen LogP contribution is 2.15. The number of halogens is 2. The number of carbonyl (C=O) groups excluding carboxylic acids is 1. The van der Waals surface area contributed by atoms with E-state index in [0.29, 0.717) is 6.54 Å². The van der Waals surface area contributed by atoms with Crippen LogP contribution in [0.1, 0.15) is 25.1 Å². The number of amides is 1. The van der Waals surface area contributed by atoms with E-state index in [1.807, 2.05) is 17.3 Å². The molecule has 1 N–H and O–H groups in total. The fraction of sp³-hybridized carbons (Fsp3) is 0.667. The lowest BCUT2D eigenvalue weighted by molar-refractivity contribution is -0.135. The van der Waals surface area contributed by atoms with Crippen molar-refractivity contribution in [3.8, 4) is 0 Å². The molecule has 0 aromatic carbocycles. The Kier molecular flexibility index (Phi) is 6.10. The number of carbonyl (C=O) groups is 1. The Hall–Kier alpha value is -0.780. The molecule has 1 fully saturated rings. The Morgan fingerprint density at radius 3 is 2.89 bits per heavy atom. The minimum Gasteiger partial charge on any atom is -0.332 e. The minimum absolute atomic E-state index is 0. The highest BCUT2D eigenvalue weighted by Gasteiger charge is 2.28. The first-order valence-electron chi connectivity index (χ1n) is 6.37. The van der Waals surface area contributed by atoms with E-state index in [1.165, 1.54) is 6.42 Å². The Morgan fingerprint density at radius 1 is 1.32 bits per heavy atom. The zero-order valence-corrected chi connectivity index (χ0v) is 12.4. The quantitative estimate of drug-likeness (QED) is 0.848. The van der Waals surface area contributed by atoms with Crippen molar-refractivity contribution in [3.63, 3.8) is 0 Å². The van der Waals surface area contributed by atoms with Gasteiger partial charge in [0, 0.05) is 25.5 Å². The molecule has 3 rings (SSSR count). The number of piperidine rings is 1. The minimum atomic E-state index is 0. The smallest absolute Gasteiger partial charge is 0.240 e. The number of imidazole rings is 1. The molecule has 2 aliphatic rings. The summed E-state index contributed by atoms with van der Waals surface area (Å²) in [6.45, 7) is 3.30. The summed E-state index contributed by atoms with van der Waals surface area (Å²) in [6.07, 6.45) is 7.11. The molecule has 0 aliphatic carbocycles. The summed E-state index contributed by atoms with van der Waals surface area (Å²) >= 11 is 0. The fourth-order valence-electron chi connectivity index (χ4n) is 2.64. The fourth-order valence-corrected chi connectivity index (χ4v) is 2.64. The summed E-state index contributed by atoms with van der Waals surface area (Å²) in [5.74, 6) is 1.25. The number of nitrogens with one attached hydrogen (secondary N) is 1. The lowest BCUT2D eigenvalue weighted by atomic mass is 10.0. The molecule has 5 nitrogen and oxygen atoms in total. The van der Waals surface area contributed by atoms with Crippen LogP contribution in [0.2, 0.25) is 0 Å². The second-order valence-electron chi connectivity index (χ2n) is 4.80. The van der Waals surface area contributed by atoms with Crippen LogP contribution in [0.5, 0.6) is 0 Å². The average Bonchev–Trinajstić information content (AvgIpc) is 2.86. The first kappa shape index (κ1) is 16.3. The number of aromatic nitrogens is 2. The Balaban J connectivity index is 0.000000902. The van der Waals surface area contributed by atoms with Gasteiger partial charge in [-0.05, 0) is 19.4 Å². The zero-order valence-electron chi connectivity index (χ0n) is 10.7. The second kappa shape index (κ2) is 7.12. The molecule has 1 atom stereocenters. The van der Waals surface area contributed by atoms with Gasteiger partial charge in [0.1, 0.15) is 5.82 Å². The molecular formula is C12H20Cl2N4O. The predicted octanol–water partition coefficient (Wildman–Crippen LogP) is 1.21. The van der Waals surface area contributed by atoms with Crippen LogP contribution in [0.4, 0.5) is 0 Å². The van der Waals surface area contributed by atoms with Crippen LogP contribution in [-0.4, -0.2) is 39.5 Å². The van der Waals surface area contributed by atoms with Crippen molar-refractivity contribution >= 4 is 30.7 Å². The van der Waals surface area contributed by atoms with Gasteiger partial charge in [0.25, 0.3) is 0 Å². The van der Waals surface area contributed by atoms with E-state index in [2.05, 4.69) is 14.9 Å². The van der Waals surface area contributed by atoms with Crippen LogP contribution in [0.25, 0.3) is 0 Å². The number of hydrogen-bond donors (Lipinski definition) is 1. The van der Waals surface area contributed by atoms with Crippen LogP contribution < -0.4 is 5.32 Å². The van der Waals surface area contributed by atoms with Gasteiger partial charge < -0.3 is 14.8 Å². The van der Waals surface area contributed by atoms with E-state index in [0.717, 1.165) is 38.3 Å². The van der Waals surface area contributed by atoms with Crippen molar-refractivity contribution in [1.82, 2.24) is 19.8 Å². The van der Waals surface area contributed by atoms with Gasteiger partial charge in [-0.15, -0.1) is 24.8 Å². The average molecular weight is 307 g/mol. The van der Waals surface area contributed by atoms with Gasteiger partial charge in [-0.25, -0.2) is 4.98 Å². The standard InChI is InChI=1S/C12H18N4O.2ClH/c17-12(10-3-1-2-4-13-10)16-8-7-15-6-5-14-11(15)9-16;;/h5-6,10,13H,1-4,7-9H2;2*1H/t10-;;/m1../s1.